The first kappa shape index (κ1) is 24.4. The third-order valence-electron chi connectivity index (χ3n) is 6.79. The predicted molar refractivity (Wildman–Crippen MR) is 138 cm³/mol. The van der Waals surface area contributed by atoms with Gasteiger partial charge in [0.2, 0.25) is 0 Å². The van der Waals surface area contributed by atoms with Crippen molar-refractivity contribution in [3.63, 3.8) is 0 Å². The van der Waals surface area contributed by atoms with E-state index in [9.17, 15) is 23.5 Å². The second kappa shape index (κ2) is 9.31. The monoisotopic (exact) mass is 504 g/mol. The Hall–Kier alpha value is -4.27. The molecule has 0 bridgehead atoms. The number of pyridine rings is 1. The molecule has 2 aromatic carbocycles. The Morgan fingerprint density at radius 2 is 1.81 bits per heavy atom. The molecule has 0 saturated carbocycles. The molecule has 7 nitrogen and oxygen atoms in total. The molecule has 0 saturated heterocycles. The number of hydrogen-bond acceptors (Lipinski definition) is 5. The first-order valence-corrected chi connectivity index (χ1v) is 11.9. The van der Waals surface area contributed by atoms with Gasteiger partial charge in [0, 0.05) is 36.1 Å². The fourth-order valence-electron chi connectivity index (χ4n) is 4.92. The smallest absolute Gasteiger partial charge is 0.337 e. The van der Waals surface area contributed by atoms with Crippen LogP contribution in [-0.2, 0) is 13.1 Å². The minimum atomic E-state index is -2.55. The Bertz CT molecular complexity index is 1600. The van der Waals surface area contributed by atoms with Gasteiger partial charge in [0.05, 0.1) is 17.2 Å². The van der Waals surface area contributed by atoms with E-state index in [-0.39, 0.29) is 22.7 Å². The zero-order valence-electron chi connectivity index (χ0n) is 20.6. The summed E-state index contributed by atoms with van der Waals surface area (Å²) < 4.78 is 28.0. The number of benzene rings is 2. The second-order valence-electron chi connectivity index (χ2n) is 9.43. The molecule has 0 amide bonds. The molecule has 190 valence electrons. The van der Waals surface area contributed by atoms with Crippen molar-refractivity contribution in [1.29, 1.82) is 0 Å². The summed E-state index contributed by atoms with van der Waals surface area (Å²) >= 11 is 0. The van der Waals surface area contributed by atoms with E-state index in [2.05, 4.69) is 5.32 Å². The number of fused-ring (bicyclic) bond motifs is 2. The highest BCUT2D eigenvalue weighted by Gasteiger charge is 2.26. The number of carbonyl (C=O) groups is 1. The van der Waals surface area contributed by atoms with Gasteiger partial charge in [-0.05, 0) is 61.7 Å². The van der Waals surface area contributed by atoms with Gasteiger partial charge in [-0.2, -0.15) is 0 Å². The topological polar surface area (TPSA) is 86.9 Å². The van der Waals surface area contributed by atoms with E-state index in [1.165, 1.54) is 22.6 Å². The van der Waals surface area contributed by atoms with Crippen molar-refractivity contribution in [2.24, 2.45) is 0 Å². The van der Waals surface area contributed by atoms with Gasteiger partial charge in [0.1, 0.15) is 11.5 Å². The predicted octanol–water partition coefficient (Wildman–Crippen LogP) is 5.64. The molecule has 2 aromatic heterocycles. The van der Waals surface area contributed by atoms with Crippen molar-refractivity contribution >= 4 is 23.1 Å². The van der Waals surface area contributed by atoms with Crippen LogP contribution < -0.4 is 15.8 Å². The number of aromatic carboxylic acids is 1. The second-order valence-corrected chi connectivity index (χ2v) is 9.43. The molecule has 0 spiro atoms. The molecular weight excluding hydrogens is 478 g/mol. The van der Waals surface area contributed by atoms with Crippen LogP contribution in [-0.4, -0.2) is 20.5 Å². The summed E-state index contributed by atoms with van der Waals surface area (Å²) in [5, 5.41) is 12.8. The van der Waals surface area contributed by atoms with Crippen LogP contribution in [0.4, 0.5) is 20.3 Å². The first-order valence-electron chi connectivity index (χ1n) is 11.9. The highest BCUT2D eigenvalue weighted by Crippen LogP contribution is 2.33. The molecular formula is C28H26F2N4O3. The number of rotatable bonds is 6. The fourth-order valence-corrected chi connectivity index (χ4v) is 4.92. The largest absolute Gasteiger partial charge is 0.478 e. The number of para-hydroxylation sites is 1. The fraction of sp³-hybridized carbons (Fsp3) is 0.250. The average molecular weight is 505 g/mol. The van der Waals surface area contributed by atoms with Gasteiger partial charge in [0.25, 0.3) is 12.0 Å². The standard InChI is InChI=1S/C28H26F2N4O3/c1-15-10-22(17(3)31-23-7-5-4-6-21(23)28(36)37)26-32-25(16(2)27(35)34(26)12-15)33-13-19-9-8-18(24(29)30)11-20(19)14-33/h4-12,17,24,31H,13-14H2,1-3H3,(H,36,37). The van der Waals surface area contributed by atoms with Crippen LogP contribution in [0.3, 0.4) is 0 Å². The zero-order valence-corrected chi connectivity index (χ0v) is 20.6. The lowest BCUT2D eigenvalue weighted by Crippen LogP contribution is -2.27. The van der Waals surface area contributed by atoms with Gasteiger partial charge in [-0.1, -0.05) is 24.3 Å². The molecule has 3 heterocycles. The molecule has 0 radical (unpaired) electrons. The van der Waals surface area contributed by atoms with Crippen molar-refractivity contribution in [1.82, 2.24) is 9.38 Å². The quantitative estimate of drug-likeness (QED) is 0.353. The number of nitrogens with zero attached hydrogens (tertiary/aromatic N) is 3. The van der Waals surface area contributed by atoms with Crippen molar-refractivity contribution in [2.45, 2.75) is 46.3 Å². The SMILES string of the molecule is Cc1cc(C(C)Nc2ccccc2C(=O)O)c2nc(N3Cc4ccc(C(F)F)cc4C3)c(C)c(=O)n2c1. The van der Waals surface area contributed by atoms with E-state index in [0.717, 1.165) is 22.3 Å². The molecule has 1 atom stereocenters. The maximum atomic E-state index is 13.4. The minimum Gasteiger partial charge on any atom is -0.478 e. The van der Waals surface area contributed by atoms with Crippen molar-refractivity contribution < 1.29 is 18.7 Å². The Labute approximate surface area is 212 Å². The van der Waals surface area contributed by atoms with E-state index in [1.54, 1.807) is 37.4 Å². The zero-order chi connectivity index (χ0) is 26.4. The van der Waals surface area contributed by atoms with Crippen LogP contribution in [0, 0.1) is 13.8 Å². The number of carboxylic acids is 1. The molecule has 0 aliphatic carbocycles. The molecule has 1 aliphatic heterocycles. The van der Waals surface area contributed by atoms with E-state index in [4.69, 9.17) is 4.98 Å². The highest BCUT2D eigenvalue weighted by molar-refractivity contribution is 5.94. The highest BCUT2D eigenvalue weighted by atomic mass is 19.3. The normalized spacial score (nSPS) is 13.7. The van der Waals surface area contributed by atoms with Crippen molar-refractivity contribution in [3.05, 3.63) is 104 Å². The minimum absolute atomic E-state index is 0.0248. The Morgan fingerprint density at radius 1 is 1.08 bits per heavy atom. The summed E-state index contributed by atoms with van der Waals surface area (Å²) in [6.07, 6.45) is -0.813. The van der Waals surface area contributed by atoms with Gasteiger partial charge in [-0.3, -0.25) is 9.20 Å². The van der Waals surface area contributed by atoms with Crippen LogP contribution in [0.1, 0.15) is 63.1 Å². The number of aromatic nitrogens is 2. The van der Waals surface area contributed by atoms with E-state index >= 15 is 0 Å². The van der Waals surface area contributed by atoms with Gasteiger partial charge in [0.15, 0.2) is 0 Å². The average Bonchev–Trinajstić information content (AvgIpc) is 3.29. The number of carboxylic acid groups (broad SMARTS) is 1. The number of aryl methyl sites for hydroxylation is 1. The molecule has 5 rings (SSSR count). The van der Waals surface area contributed by atoms with Crippen molar-refractivity contribution in [3.8, 4) is 0 Å². The van der Waals surface area contributed by atoms with Crippen LogP contribution in [0.15, 0.2) is 59.5 Å². The van der Waals surface area contributed by atoms with Gasteiger partial charge in [-0.25, -0.2) is 18.6 Å². The summed E-state index contributed by atoms with van der Waals surface area (Å²) in [5.41, 5.74) is 4.59. The van der Waals surface area contributed by atoms with E-state index < -0.39 is 12.4 Å². The Morgan fingerprint density at radius 3 is 2.54 bits per heavy atom. The molecule has 1 unspecified atom stereocenters. The van der Waals surface area contributed by atoms with Gasteiger partial charge in [-0.15, -0.1) is 0 Å². The van der Waals surface area contributed by atoms with Crippen LogP contribution in [0.2, 0.25) is 0 Å². The lowest BCUT2D eigenvalue weighted by molar-refractivity contribution is 0.0698. The summed E-state index contributed by atoms with van der Waals surface area (Å²) in [6.45, 7) is 6.33. The Balaban J connectivity index is 1.57. The number of alkyl halides is 2. The summed E-state index contributed by atoms with van der Waals surface area (Å²) in [6, 6.07) is 12.9. The molecule has 2 N–H and O–H groups in total. The lowest BCUT2D eigenvalue weighted by Gasteiger charge is -2.23. The third-order valence-corrected chi connectivity index (χ3v) is 6.79. The molecule has 37 heavy (non-hydrogen) atoms. The lowest BCUT2D eigenvalue weighted by atomic mass is 10.1. The summed E-state index contributed by atoms with van der Waals surface area (Å²) in [4.78, 5) is 32.0. The molecule has 1 aliphatic rings. The molecule has 0 fully saturated rings. The van der Waals surface area contributed by atoms with Crippen LogP contribution in [0.25, 0.3) is 5.65 Å². The third kappa shape index (κ3) is 4.41. The molecule has 4 aromatic rings. The van der Waals surface area contributed by atoms with Crippen molar-refractivity contribution in [2.75, 3.05) is 10.2 Å². The van der Waals surface area contributed by atoms with Gasteiger partial charge < -0.3 is 15.3 Å². The maximum Gasteiger partial charge on any atom is 0.337 e. The van der Waals surface area contributed by atoms with Crippen LogP contribution in [0.5, 0.6) is 0 Å². The summed E-state index contributed by atoms with van der Waals surface area (Å²) in [5.74, 6) is -0.539. The number of nitrogens with one attached hydrogen (secondary N) is 1. The first-order chi connectivity index (χ1) is 17.6. The number of halogens is 2. The summed E-state index contributed by atoms with van der Waals surface area (Å²) in [7, 11) is 0. The maximum absolute atomic E-state index is 13.4. The molecule has 9 heteroatoms. The number of hydrogen-bond donors (Lipinski definition) is 2. The van der Waals surface area contributed by atoms with E-state index in [0.29, 0.717) is 35.8 Å². The van der Waals surface area contributed by atoms with Crippen LogP contribution >= 0.6 is 0 Å². The van der Waals surface area contributed by atoms with E-state index in [1.807, 2.05) is 24.8 Å². The van der Waals surface area contributed by atoms with Gasteiger partial charge >= 0.3 is 5.97 Å². The Kier molecular flexibility index (Phi) is 6.15. The number of anilines is 2.